The third-order valence-corrected chi connectivity index (χ3v) is 4.08. The number of nitrogens with zero attached hydrogens (tertiary/aromatic N) is 1. The minimum absolute atomic E-state index is 0.108. The Bertz CT molecular complexity index is 678. The van der Waals surface area contributed by atoms with Gasteiger partial charge in [0.1, 0.15) is 5.82 Å². The molecule has 21 heavy (non-hydrogen) atoms. The largest absolute Gasteiger partial charge is 0.383 e. The number of hydrogen-bond donors (Lipinski definition) is 2. The zero-order valence-electron chi connectivity index (χ0n) is 12.1. The number of carbonyl (C=O) groups excluding carboxylic acids is 1. The monoisotopic (exact) mass is 285 g/mol. The van der Waals surface area contributed by atoms with E-state index in [4.69, 9.17) is 10.5 Å². The number of aromatic nitrogens is 1. The molecule has 0 aliphatic carbocycles. The average Bonchev–Trinajstić information content (AvgIpc) is 2.48. The van der Waals surface area contributed by atoms with Crippen molar-refractivity contribution >= 4 is 22.5 Å². The molecule has 1 aliphatic heterocycles. The average molecular weight is 285 g/mol. The fourth-order valence-electron chi connectivity index (χ4n) is 2.68. The van der Waals surface area contributed by atoms with Crippen LogP contribution in [0.1, 0.15) is 30.1 Å². The molecule has 0 spiro atoms. The lowest BCUT2D eigenvalue weighted by Gasteiger charge is -2.34. The topological polar surface area (TPSA) is 77.2 Å². The van der Waals surface area contributed by atoms with Crippen molar-refractivity contribution in [2.24, 2.45) is 0 Å². The van der Waals surface area contributed by atoms with Gasteiger partial charge in [-0.05, 0) is 25.2 Å². The molecule has 0 unspecified atom stereocenters. The lowest BCUT2D eigenvalue weighted by molar-refractivity contribution is 0.0423. The number of nitrogens with two attached hydrogens (primary N) is 1. The highest BCUT2D eigenvalue weighted by molar-refractivity contribution is 6.09. The van der Waals surface area contributed by atoms with Gasteiger partial charge in [-0.1, -0.05) is 24.3 Å². The van der Waals surface area contributed by atoms with Crippen LogP contribution in [-0.4, -0.2) is 29.6 Å². The first-order valence-corrected chi connectivity index (χ1v) is 7.13. The minimum atomic E-state index is -0.224. The molecule has 3 N–H and O–H groups in total. The summed E-state index contributed by atoms with van der Waals surface area (Å²) < 4.78 is 5.36. The summed E-state index contributed by atoms with van der Waals surface area (Å²) >= 11 is 0. The molecular weight excluding hydrogens is 266 g/mol. The lowest BCUT2D eigenvalue weighted by atomic mass is 9.92. The van der Waals surface area contributed by atoms with Gasteiger partial charge in [0.15, 0.2) is 0 Å². The van der Waals surface area contributed by atoms with E-state index in [-0.39, 0.29) is 11.4 Å². The van der Waals surface area contributed by atoms with Gasteiger partial charge < -0.3 is 15.8 Å². The molecule has 2 heterocycles. The lowest BCUT2D eigenvalue weighted by Crippen LogP contribution is -2.49. The van der Waals surface area contributed by atoms with Gasteiger partial charge in [-0.3, -0.25) is 4.79 Å². The van der Waals surface area contributed by atoms with Crippen molar-refractivity contribution in [3.63, 3.8) is 0 Å². The highest BCUT2D eigenvalue weighted by Gasteiger charge is 2.29. The molecule has 1 saturated heterocycles. The first-order chi connectivity index (χ1) is 10.1. The smallest absolute Gasteiger partial charge is 0.253 e. The Morgan fingerprint density at radius 1 is 1.29 bits per heavy atom. The Kier molecular flexibility index (Phi) is 3.51. The van der Waals surface area contributed by atoms with Crippen LogP contribution < -0.4 is 11.1 Å². The van der Waals surface area contributed by atoms with Gasteiger partial charge in [0.05, 0.1) is 5.56 Å². The van der Waals surface area contributed by atoms with E-state index in [2.05, 4.69) is 17.2 Å². The molecule has 0 saturated carbocycles. The number of nitrogen functional groups attached to an aromatic ring is 1. The van der Waals surface area contributed by atoms with E-state index >= 15 is 0 Å². The molecule has 3 rings (SSSR count). The summed E-state index contributed by atoms with van der Waals surface area (Å²) in [5.41, 5.74) is 6.21. The van der Waals surface area contributed by atoms with E-state index < -0.39 is 0 Å². The molecule has 1 aromatic heterocycles. The summed E-state index contributed by atoms with van der Waals surface area (Å²) in [6.07, 6.45) is 3.19. The maximum Gasteiger partial charge on any atom is 0.253 e. The van der Waals surface area contributed by atoms with Crippen molar-refractivity contribution in [3.05, 3.63) is 36.0 Å². The van der Waals surface area contributed by atoms with E-state index in [1.54, 1.807) is 6.20 Å². The maximum atomic E-state index is 12.6. The molecule has 0 atom stereocenters. The predicted molar refractivity (Wildman–Crippen MR) is 82.1 cm³/mol. The molecule has 0 bridgehead atoms. The molecule has 0 radical (unpaired) electrons. The van der Waals surface area contributed by atoms with E-state index in [1.165, 1.54) is 0 Å². The molecular formula is C16H19N3O2. The van der Waals surface area contributed by atoms with Gasteiger partial charge in [-0.25, -0.2) is 4.98 Å². The third-order valence-electron chi connectivity index (χ3n) is 4.08. The summed E-state index contributed by atoms with van der Waals surface area (Å²) in [6.45, 7) is 3.41. The highest BCUT2D eigenvalue weighted by atomic mass is 16.5. The SMILES string of the molecule is CC1(NC(=O)c2cnc(N)c3ccccc23)CCOCC1. The first-order valence-electron chi connectivity index (χ1n) is 7.13. The van der Waals surface area contributed by atoms with E-state index in [0.29, 0.717) is 24.6 Å². The van der Waals surface area contributed by atoms with Crippen molar-refractivity contribution in [1.82, 2.24) is 10.3 Å². The van der Waals surface area contributed by atoms with Crippen molar-refractivity contribution in [2.45, 2.75) is 25.3 Å². The van der Waals surface area contributed by atoms with Crippen LogP contribution in [0.4, 0.5) is 5.82 Å². The number of hydrogen-bond acceptors (Lipinski definition) is 4. The minimum Gasteiger partial charge on any atom is -0.383 e. The number of ether oxygens (including phenoxy) is 1. The van der Waals surface area contributed by atoms with Gasteiger partial charge in [0, 0.05) is 30.3 Å². The fourth-order valence-corrected chi connectivity index (χ4v) is 2.68. The van der Waals surface area contributed by atoms with E-state index in [1.807, 2.05) is 24.3 Å². The Labute approximate surface area is 123 Å². The second kappa shape index (κ2) is 5.33. The van der Waals surface area contributed by atoms with Crippen LogP contribution in [0.15, 0.2) is 30.5 Å². The van der Waals surface area contributed by atoms with Crippen molar-refractivity contribution in [3.8, 4) is 0 Å². The summed E-state index contributed by atoms with van der Waals surface area (Å²) in [7, 11) is 0. The zero-order valence-corrected chi connectivity index (χ0v) is 12.1. The molecule has 1 aromatic carbocycles. The molecule has 5 heteroatoms. The van der Waals surface area contributed by atoms with Crippen molar-refractivity contribution in [2.75, 3.05) is 18.9 Å². The van der Waals surface area contributed by atoms with Gasteiger partial charge in [-0.2, -0.15) is 0 Å². The van der Waals surface area contributed by atoms with Gasteiger partial charge >= 0.3 is 0 Å². The van der Waals surface area contributed by atoms with Crippen LogP contribution in [0.3, 0.4) is 0 Å². The Hall–Kier alpha value is -2.14. The molecule has 1 amide bonds. The van der Waals surface area contributed by atoms with E-state index in [9.17, 15) is 4.79 Å². The Balaban J connectivity index is 1.93. The van der Waals surface area contributed by atoms with Crippen LogP contribution >= 0.6 is 0 Å². The number of fused-ring (bicyclic) bond motifs is 1. The summed E-state index contributed by atoms with van der Waals surface area (Å²) in [4.78, 5) is 16.7. The van der Waals surface area contributed by atoms with Gasteiger partial charge in [0.25, 0.3) is 5.91 Å². The second-order valence-electron chi connectivity index (χ2n) is 5.73. The molecule has 2 aromatic rings. The van der Waals surface area contributed by atoms with Crippen LogP contribution in [0.2, 0.25) is 0 Å². The number of pyridine rings is 1. The molecule has 110 valence electrons. The normalized spacial score (nSPS) is 17.6. The predicted octanol–water partition coefficient (Wildman–Crippen LogP) is 2.12. The number of amides is 1. The maximum absolute atomic E-state index is 12.6. The third kappa shape index (κ3) is 2.69. The number of anilines is 1. The number of carbonyl (C=O) groups is 1. The number of benzene rings is 1. The van der Waals surface area contributed by atoms with Crippen molar-refractivity contribution < 1.29 is 9.53 Å². The Morgan fingerprint density at radius 2 is 1.95 bits per heavy atom. The van der Waals surface area contributed by atoms with Crippen LogP contribution in [-0.2, 0) is 4.74 Å². The summed E-state index contributed by atoms with van der Waals surface area (Å²) in [6, 6.07) is 7.57. The number of nitrogens with one attached hydrogen (secondary N) is 1. The van der Waals surface area contributed by atoms with E-state index in [0.717, 1.165) is 23.6 Å². The van der Waals surface area contributed by atoms with Crippen molar-refractivity contribution in [1.29, 1.82) is 0 Å². The van der Waals surface area contributed by atoms with Crippen LogP contribution in [0.5, 0.6) is 0 Å². The fraction of sp³-hybridized carbons (Fsp3) is 0.375. The van der Waals surface area contributed by atoms with Crippen LogP contribution in [0, 0.1) is 0 Å². The molecule has 1 fully saturated rings. The quantitative estimate of drug-likeness (QED) is 0.886. The zero-order chi connectivity index (χ0) is 14.9. The Morgan fingerprint density at radius 3 is 2.67 bits per heavy atom. The van der Waals surface area contributed by atoms with Gasteiger partial charge in [0.2, 0.25) is 0 Å². The molecule has 1 aliphatic rings. The summed E-state index contributed by atoms with van der Waals surface area (Å²) in [5, 5.41) is 4.76. The summed E-state index contributed by atoms with van der Waals surface area (Å²) in [5.74, 6) is 0.336. The van der Waals surface area contributed by atoms with Crippen LogP contribution in [0.25, 0.3) is 10.8 Å². The standard InChI is InChI=1S/C16H19N3O2/c1-16(6-8-21-9-7-16)19-15(20)13-10-18-14(17)12-5-3-2-4-11(12)13/h2-5,10H,6-9H2,1H3,(H2,17,18)(H,19,20). The van der Waals surface area contributed by atoms with Gasteiger partial charge in [-0.15, -0.1) is 0 Å². The molecule has 5 nitrogen and oxygen atoms in total. The highest BCUT2D eigenvalue weighted by Crippen LogP contribution is 2.24. The first kappa shape index (κ1) is 13.8. The number of rotatable bonds is 2. The second-order valence-corrected chi connectivity index (χ2v) is 5.73.